The summed E-state index contributed by atoms with van der Waals surface area (Å²) in [5, 5.41) is 9.31. The van der Waals surface area contributed by atoms with Crippen molar-refractivity contribution in [3.63, 3.8) is 0 Å². The third-order valence-electron chi connectivity index (χ3n) is 5.49. The summed E-state index contributed by atoms with van der Waals surface area (Å²) in [5.41, 5.74) is 0.576. The largest absolute Gasteiger partial charge is 0.488 e. The van der Waals surface area contributed by atoms with Crippen LogP contribution in [0.5, 0.6) is 5.75 Å². The summed E-state index contributed by atoms with van der Waals surface area (Å²) in [6.07, 6.45) is 0.122. The molecule has 2 aromatic rings. The Morgan fingerprint density at radius 3 is 2.61 bits per heavy atom. The Morgan fingerprint density at radius 1 is 1.23 bits per heavy atom. The van der Waals surface area contributed by atoms with Gasteiger partial charge in [0.1, 0.15) is 23.5 Å². The molecule has 0 spiro atoms. The highest BCUT2D eigenvalue weighted by Gasteiger charge is 2.42. The molecule has 0 unspecified atom stereocenters. The molecule has 1 aliphatic heterocycles. The third-order valence-corrected chi connectivity index (χ3v) is 5.84. The van der Waals surface area contributed by atoms with E-state index in [0.717, 1.165) is 25.0 Å². The van der Waals surface area contributed by atoms with Gasteiger partial charge in [0.25, 0.3) is 5.92 Å². The number of carboxylic acid groups (broad SMARTS) is 1. The minimum absolute atomic E-state index is 0.0342. The summed E-state index contributed by atoms with van der Waals surface area (Å²) < 4.78 is 62.2. The van der Waals surface area contributed by atoms with Gasteiger partial charge in [-0.25, -0.2) is 22.4 Å². The van der Waals surface area contributed by atoms with E-state index in [1.54, 1.807) is 0 Å². The van der Waals surface area contributed by atoms with Gasteiger partial charge < -0.3 is 9.84 Å². The Labute approximate surface area is 181 Å². The number of carbonyl (C=O) groups is 1. The van der Waals surface area contributed by atoms with Crippen molar-refractivity contribution in [1.82, 2.24) is 4.90 Å². The molecule has 0 aromatic heterocycles. The SMILES string of the molecule is O=C(O)c1cc(C2CC2)c(O[C@H]2CN(Cc3ccc(F)cc3Cl)CC(F)(F)C2)cc1F. The maximum atomic E-state index is 14.4. The first-order valence-electron chi connectivity index (χ1n) is 9.89. The maximum absolute atomic E-state index is 14.4. The van der Waals surface area contributed by atoms with Gasteiger partial charge in [0.05, 0.1) is 18.5 Å². The van der Waals surface area contributed by atoms with Gasteiger partial charge in [-0.3, -0.25) is 4.90 Å². The number of halogens is 5. The van der Waals surface area contributed by atoms with E-state index in [0.29, 0.717) is 11.1 Å². The third kappa shape index (κ3) is 5.13. The highest BCUT2D eigenvalue weighted by Crippen LogP contribution is 2.46. The van der Waals surface area contributed by atoms with Crippen molar-refractivity contribution in [3.05, 3.63) is 63.7 Å². The van der Waals surface area contributed by atoms with E-state index in [2.05, 4.69) is 0 Å². The molecule has 1 aliphatic carbocycles. The van der Waals surface area contributed by atoms with Crippen molar-refractivity contribution >= 4 is 17.6 Å². The number of aromatic carboxylic acids is 1. The summed E-state index contributed by atoms with van der Waals surface area (Å²) in [4.78, 5) is 12.7. The summed E-state index contributed by atoms with van der Waals surface area (Å²) in [6, 6.07) is 6.01. The Kier molecular flexibility index (Phi) is 5.87. The molecule has 2 aliphatic rings. The van der Waals surface area contributed by atoms with E-state index < -0.39 is 48.2 Å². The summed E-state index contributed by atoms with van der Waals surface area (Å²) >= 11 is 6.03. The molecular weight excluding hydrogens is 438 g/mol. The second-order valence-corrected chi connectivity index (χ2v) is 8.56. The number of alkyl halides is 2. The van der Waals surface area contributed by atoms with E-state index in [1.807, 2.05) is 0 Å². The lowest BCUT2D eigenvalue weighted by molar-refractivity contribution is -0.103. The molecule has 4 rings (SSSR count). The number of rotatable bonds is 6. The summed E-state index contributed by atoms with van der Waals surface area (Å²) in [7, 11) is 0. The molecular formula is C22H20ClF4NO3. The molecule has 166 valence electrons. The topological polar surface area (TPSA) is 49.8 Å². The Bertz CT molecular complexity index is 1010. The van der Waals surface area contributed by atoms with Crippen molar-refractivity contribution in [2.75, 3.05) is 13.1 Å². The van der Waals surface area contributed by atoms with Crippen molar-refractivity contribution in [3.8, 4) is 5.75 Å². The number of nitrogens with zero attached hydrogens (tertiary/aromatic N) is 1. The molecule has 4 nitrogen and oxygen atoms in total. The Balaban J connectivity index is 1.55. The van der Waals surface area contributed by atoms with Crippen LogP contribution < -0.4 is 4.74 Å². The van der Waals surface area contributed by atoms with Gasteiger partial charge in [0.2, 0.25) is 0 Å². The molecule has 1 saturated heterocycles. The minimum atomic E-state index is -3.05. The first-order chi connectivity index (χ1) is 14.6. The van der Waals surface area contributed by atoms with Crippen LogP contribution in [0.25, 0.3) is 0 Å². The predicted molar refractivity (Wildman–Crippen MR) is 106 cm³/mol. The number of hydrogen-bond donors (Lipinski definition) is 1. The average Bonchev–Trinajstić information content (AvgIpc) is 3.47. The molecule has 0 radical (unpaired) electrons. The number of benzene rings is 2. The van der Waals surface area contributed by atoms with Crippen LogP contribution >= 0.6 is 11.6 Å². The number of likely N-dealkylation sites (tertiary alicyclic amines) is 1. The van der Waals surface area contributed by atoms with Crippen molar-refractivity contribution in [2.45, 2.75) is 43.8 Å². The first-order valence-corrected chi connectivity index (χ1v) is 10.3. The van der Waals surface area contributed by atoms with Crippen molar-refractivity contribution < 1.29 is 32.2 Å². The lowest BCUT2D eigenvalue weighted by Crippen LogP contribution is -2.50. The molecule has 2 aromatic carbocycles. The Hall–Kier alpha value is -2.32. The fourth-order valence-corrected chi connectivity index (χ4v) is 4.19. The summed E-state index contributed by atoms with van der Waals surface area (Å²) in [6.45, 7) is -0.297. The number of piperidine rings is 1. The predicted octanol–water partition coefficient (Wildman–Crippen LogP) is 5.48. The minimum Gasteiger partial charge on any atom is -0.488 e. The summed E-state index contributed by atoms with van der Waals surface area (Å²) in [5.74, 6) is -5.78. The van der Waals surface area contributed by atoms with Crippen molar-refractivity contribution in [1.29, 1.82) is 0 Å². The van der Waals surface area contributed by atoms with Gasteiger partial charge in [-0.05, 0) is 48.1 Å². The van der Waals surface area contributed by atoms with Crippen LogP contribution in [0, 0.1) is 11.6 Å². The first kappa shape index (κ1) is 21.9. The van der Waals surface area contributed by atoms with Gasteiger partial charge in [-0.1, -0.05) is 17.7 Å². The Morgan fingerprint density at radius 2 is 1.97 bits per heavy atom. The van der Waals surface area contributed by atoms with Gasteiger partial charge in [0.15, 0.2) is 0 Å². The molecule has 0 amide bonds. The zero-order valence-electron chi connectivity index (χ0n) is 16.4. The number of ether oxygens (including phenoxy) is 1. The van der Waals surface area contributed by atoms with Crippen LogP contribution in [-0.2, 0) is 6.54 Å². The van der Waals surface area contributed by atoms with Gasteiger partial charge >= 0.3 is 5.97 Å². The van der Waals surface area contributed by atoms with E-state index in [9.17, 15) is 22.4 Å². The molecule has 1 N–H and O–H groups in total. The zero-order chi connectivity index (χ0) is 22.3. The maximum Gasteiger partial charge on any atom is 0.338 e. The number of hydrogen-bond acceptors (Lipinski definition) is 3. The highest BCUT2D eigenvalue weighted by molar-refractivity contribution is 6.31. The normalized spacial score (nSPS) is 21.1. The molecule has 9 heteroatoms. The van der Waals surface area contributed by atoms with Crippen LogP contribution in [0.3, 0.4) is 0 Å². The van der Waals surface area contributed by atoms with Crippen LogP contribution in [0.2, 0.25) is 5.02 Å². The molecule has 1 atom stereocenters. The van der Waals surface area contributed by atoms with Crippen LogP contribution in [0.4, 0.5) is 17.6 Å². The van der Waals surface area contributed by atoms with Gasteiger partial charge in [-0.15, -0.1) is 0 Å². The smallest absolute Gasteiger partial charge is 0.338 e. The second kappa shape index (κ2) is 8.31. The zero-order valence-corrected chi connectivity index (χ0v) is 17.1. The lowest BCUT2D eigenvalue weighted by atomic mass is 10.0. The van der Waals surface area contributed by atoms with E-state index >= 15 is 0 Å². The lowest BCUT2D eigenvalue weighted by Gasteiger charge is -2.38. The molecule has 31 heavy (non-hydrogen) atoms. The van der Waals surface area contributed by atoms with Gasteiger partial charge in [-0.2, -0.15) is 0 Å². The van der Waals surface area contributed by atoms with E-state index in [1.165, 1.54) is 23.1 Å². The van der Waals surface area contributed by atoms with Crippen LogP contribution in [-0.4, -0.2) is 41.1 Å². The van der Waals surface area contributed by atoms with Crippen molar-refractivity contribution in [2.24, 2.45) is 0 Å². The quantitative estimate of drug-likeness (QED) is 0.583. The highest BCUT2D eigenvalue weighted by atomic mass is 35.5. The standard InChI is InChI=1S/C22H20ClF4NO3/c23-18-5-14(24)4-3-13(18)9-28-10-15(8-22(26,27)11-28)31-20-7-19(25)17(21(29)30)6-16(20)12-1-2-12/h3-7,12,15H,1-2,8-11H2,(H,29,30)/t15-/m1/s1. The van der Waals surface area contributed by atoms with Crippen LogP contribution in [0.15, 0.2) is 30.3 Å². The molecule has 2 fully saturated rings. The monoisotopic (exact) mass is 457 g/mol. The fraction of sp³-hybridized carbons (Fsp3) is 0.409. The molecule has 0 bridgehead atoms. The average molecular weight is 458 g/mol. The second-order valence-electron chi connectivity index (χ2n) is 8.15. The van der Waals surface area contributed by atoms with E-state index in [-0.39, 0.29) is 29.8 Å². The molecule has 1 saturated carbocycles. The fourth-order valence-electron chi connectivity index (χ4n) is 3.96. The van der Waals surface area contributed by atoms with E-state index in [4.69, 9.17) is 21.4 Å². The number of carboxylic acids is 1. The van der Waals surface area contributed by atoms with Crippen LogP contribution in [0.1, 0.15) is 46.7 Å². The van der Waals surface area contributed by atoms with Gasteiger partial charge in [0, 0.05) is 24.2 Å². The molecule has 1 heterocycles.